The Bertz CT molecular complexity index is 695. The van der Waals surface area contributed by atoms with E-state index in [2.05, 4.69) is 32.9 Å². The molecule has 6 atom stereocenters. The second-order valence-corrected chi connectivity index (χ2v) is 9.28. The molecular formula is C20H28BNO3. The number of nitrogens with two attached hydrogens (primary N) is 1. The highest BCUT2D eigenvalue weighted by Crippen LogP contribution is 2.65. The number of rotatable bonds is 3. The maximum Gasteiger partial charge on any atom is 0.475 e. The summed E-state index contributed by atoms with van der Waals surface area (Å²) < 4.78 is 18.6. The van der Waals surface area contributed by atoms with Crippen LogP contribution < -0.4 is 10.5 Å². The Labute approximate surface area is 150 Å². The van der Waals surface area contributed by atoms with Crippen LogP contribution in [0.2, 0.25) is 0 Å². The molecule has 1 aromatic carbocycles. The Kier molecular flexibility index (Phi) is 3.39. The minimum atomic E-state index is -0.294. The normalized spacial score (nSPS) is 41.5. The summed E-state index contributed by atoms with van der Waals surface area (Å²) in [6.07, 6.45) is 3.42. The van der Waals surface area contributed by atoms with Crippen molar-refractivity contribution in [1.82, 2.24) is 0 Å². The Balaban J connectivity index is 1.30. The van der Waals surface area contributed by atoms with Crippen LogP contribution in [0.15, 0.2) is 24.3 Å². The third-order valence-electron chi connectivity index (χ3n) is 7.67. The second kappa shape index (κ2) is 5.24. The standard InChI is InChI=1S/C20H28BNO3/c1-19(2)13-9-16(19)20(3)17(10-13)24-21(25-20)18(22)8-12-11-23-15-7-5-4-6-14(12)15/h4-7,12-13,16-18H,8-11,22H2,1-3H3/t12?,13-,16-,17?,18?,20-/m0/s1. The third kappa shape index (κ3) is 2.19. The van der Waals surface area contributed by atoms with Crippen LogP contribution in [0.3, 0.4) is 0 Å². The number of para-hydroxylation sites is 1. The van der Waals surface area contributed by atoms with Gasteiger partial charge in [-0.05, 0) is 49.5 Å². The molecule has 4 fully saturated rings. The molecule has 3 unspecified atom stereocenters. The molecule has 2 N–H and O–H groups in total. The van der Waals surface area contributed by atoms with Crippen LogP contribution in [0.25, 0.3) is 0 Å². The van der Waals surface area contributed by atoms with Crippen molar-refractivity contribution >= 4 is 7.12 Å². The van der Waals surface area contributed by atoms with E-state index in [-0.39, 0.29) is 24.8 Å². The van der Waals surface area contributed by atoms with Gasteiger partial charge in [0.15, 0.2) is 0 Å². The molecule has 5 heteroatoms. The molecule has 1 aromatic rings. The van der Waals surface area contributed by atoms with Crippen LogP contribution in [0.4, 0.5) is 0 Å². The average Bonchev–Trinajstić information content (AvgIpc) is 3.15. The fourth-order valence-electron chi connectivity index (χ4n) is 5.95. The summed E-state index contributed by atoms with van der Waals surface area (Å²) in [6, 6.07) is 8.27. The molecule has 3 saturated carbocycles. The maximum absolute atomic E-state index is 6.55. The largest absolute Gasteiger partial charge is 0.493 e. The van der Waals surface area contributed by atoms with E-state index < -0.39 is 0 Å². The third-order valence-corrected chi connectivity index (χ3v) is 7.67. The molecular weight excluding hydrogens is 313 g/mol. The topological polar surface area (TPSA) is 53.7 Å². The molecule has 2 heterocycles. The highest BCUT2D eigenvalue weighted by Gasteiger charge is 2.68. The molecule has 0 aromatic heterocycles. The van der Waals surface area contributed by atoms with Crippen LogP contribution in [0, 0.1) is 17.3 Å². The Morgan fingerprint density at radius 3 is 2.84 bits per heavy atom. The van der Waals surface area contributed by atoms with E-state index in [0.717, 1.165) is 24.5 Å². The minimum Gasteiger partial charge on any atom is -0.493 e. The number of ether oxygens (including phenoxy) is 1. The molecule has 4 nitrogen and oxygen atoms in total. The fraction of sp³-hybridized carbons (Fsp3) is 0.700. The highest BCUT2D eigenvalue weighted by molar-refractivity contribution is 6.47. The van der Waals surface area contributed by atoms with Crippen LogP contribution in [-0.2, 0) is 9.31 Å². The van der Waals surface area contributed by atoms with E-state index in [4.69, 9.17) is 19.8 Å². The van der Waals surface area contributed by atoms with Gasteiger partial charge in [0.1, 0.15) is 5.75 Å². The molecule has 25 heavy (non-hydrogen) atoms. The molecule has 5 aliphatic rings. The maximum atomic E-state index is 6.55. The molecule has 6 rings (SSSR count). The van der Waals surface area contributed by atoms with Crippen LogP contribution >= 0.6 is 0 Å². The SMILES string of the molecule is CC1(C)[C@@H]2CC3OB(C(N)CC4COc5ccccc54)O[C@@]3(C)[C@H]1C2. The number of benzene rings is 1. The summed E-state index contributed by atoms with van der Waals surface area (Å²) in [4.78, 5) is 0. The van der Waals surface area contributed by atoms with Gasteiger partial charge in [-0.3, -0.25) is 0 Å². The quantitative estimate of drug-likeness (QED) is 0.858. The lowest BCUT2D eigenvalue weighted by molar-refractivity contribution is -0.199. The van der Waals surface area contributed by atoms with E-state index in [1.165, 1.54) is 12.0 Å². The van der Waals surface area contributed by atoms with Gasteiger partial charge in [-0.25, -0.2) is 0 Å². The summed E-state index contributed by atoms with van der Waals surface area (Å²) in [5, 5.41) is 0. The molecule has 134 valence electrons. The van der Waals surface area contributed by atoms with Gasteiger partial charge in [0, 0.05) is 17.4 Å². The van der Waals surface area contributed by atoms with Gasteiger partial charge in [-0.2, -0.15) is 0 Å². The van der Waals surface area contributed by atoms with E-state index in [1.807, 2.05) is 12.1 Å². The van der Waals surface area contributed by atoms with Gasteiger partial charge in [0.25, 0.3) is 0 Å². The summed E-state index contributed by atoms with van der Waals surface area (Å²) in [5.41, 5.74) is 8.01. The second-order valence-electron chi connectivity index (χ2n) is 9.28. The van der Waals surface area contributed by atoms with Crippen molar-refractivity contribution in [3.05, 3.63) is 29.8 Å². The highest BCUT2D eigenvalue weighted by atomic mass is 16.7. The van der Waals surface area contributed by atoms with Crippen molar-refractivity contribution in [2.75, 3.05) is 6.61 Å². The lowest BCUT2D eigenvalue weighted by Crippen LogP contribution is -2.65. The van der Waals surface area contributed by atoms with Crippen molar-refractivity contribution < 1.29 is 14.0 Å². The predicted molar refractivity (Wildman–Crippen MR) is 97.4 cm³/mol. The molecule has 0 amide bonds. The van der Waals surface area contributed by atoms with E-state index >= 15 is 0 Å². The lowest BCUT2D eigenvalue weighted by atomic mass is 9.43. The molecule has 0 radical (unpaired) electrons. The average molecular weight is 341 g/mol. The molecule has 3 aliphatic carbocycles. The summed E-state index contributed by atoms with van der Waals surface area (Å²) in [7, 11) is -0.294. The number of fused-ring (bicyclic) bond motifs is 1. The summed E-state index contributed by atoms with van der Waals surface area (Å²) >= 11 is 0. The lowest BCUT2D eigenvalue weighted by Gasteiger charge is -2.64. The van der Waals surface area contributed by atoms with E-state index in [9.17, 15) is 0 Å². The van der Waals surface area contributed by atoms with Crippen molar-refractivity contribution in [2.24, 2.45) is 23.0 Å². The van der Waals surface area contributed by atoms with Crippen molar-refractivity contribution in [3.8, 4) is 5.75 Å². The minimum absolute atomic E-state index is 0.123. The predicted octanol–water partition coefficient (Wildman–Crippen LogP) is 3.15. The van der Waals surface area contributed by atoms with Gasteiger partial charge in [-0.1, -0.05) is 32.0 Å². The van der Waals surface area contributed by atoms with Gasteiger partial charge < -0.3 is 19.8 Å². The van der Waals surface area contributed by atoms with Crippen LogP contribution in [-0.4, -0.2) is 31.4 Å². The van der Waals surface area contributed by atoms with Gasteiger partial charge >= 0.3 is 7.12 Å². The van der Waals surface area contributed by atoms with Crippen LogP contribution in [0.1, 0.15) is 51.5 Å². The van der Waals surface area contributed by atoms with Crippen molar-refractivity contribution in [1.29, 1.82) is 0 Å². The molecule has 2 bridgehead atoms. The zero-order chi connectivity index (χ0) is 17.4. The number of hydrogen-bond acceptors (Lipinski definition) is 4. The first-order valence-electron chi connectivity index (χ1n) is 9.70. The van der Waals surface area contributed by atoms with Crippen LogP contribution in [0.5, 0.6) is 5.75 Å². The van der Waals surface area contributed by atoms with E-state index in [0.29, 0.717) is 23.9 Å². The first-order valence-corrected chi connectivity index (χ1v) is 9.70. The monoisotopic (exact) mass is 341 g/mol. The van der Waals surface area contributed by atoms with E-state index in [1.54, 1.807) is 0 Å². The zero-order valence-electron chi connectivity index (χ0n) is 15.4. The number of hydrogen-bond donors (Lipinski definition) is 1. The molecule has 0 spiro atoms. The van der Waals surface area contributed by atoms with Gasteiger partial charge in [0.05, 0.1) is 18.3 Å². The summed E-state index contributed by atoms with van der Waals surface area (Å²) in [5.74, 6) is 2.55. The first-order chi connectivity index (χ1) is 11.9. The van der Waals surface area contributed by atoms with Crippen molar-refractivity contribution in [3.63, 3.8) is 0 Å². The van der Waals surface area contributed by atoms with Gasteiger partial charge in [-0.15, -0.1) is 0 Å². The molecule has 1 saturated heterocycles. The Morgan fingerprint density at radius 1 is 1.24 bits per heavy atom. The fourth-order valence-corrected chi connectivity index (χ4v) is 5.95. The zero-order valence-corrected chi connectivity index (χ0v) is 15.4. The van der Waals surface area contributed by atoms with Crippen molar-refractivity contribution in [2.45, 2.75) is 63.6 Å². The Morgan fingerprint density at radius 2 is 2.04 bits per heavy atom. The molecule has 2 aliphatic heterocycles. The van der Waals surface area contributed by atoms with Gasteiger partial charge in [0.2, 0.25) is 0 Å². The Hall–Kier alpha value is -1.04. The first kappa shape index (κ1) is 16.2. The smallest absolute Gasteiger partial charge is 0.475 e. The summed E-state index contributed by atoms with van der Waals surface area (Å²) in [6.45, 7) is 7.73.